The van der Waals surface area contributed by atoms with Crippen molar-refractivity contribution in [3.8, 4) is 11.1 Å². The number of aromatic nitrogens is 2. The average molecular weight is 455 g/mol. The standard InChI is InChI=1S/C24H26N2O5S/c1-3-5-10-20-25-22(32(31)4-2)21(24(29)30)26(20)15-16-11-13-17(14-12-16)18-8-6-7-9-19(18)23(27)28/h6-9,11-14H,3-5,10,15H2,1-2H3,(H,27,28)(H,29,30). The van der Waals surface area contributed by atoms with Crippen LogP contribution in [-0.2, 0) is 23.8 Å². The van der Waals surface area contributed by atoms with Crippen molar-refractivity contribution in [1.82, 2.24) is 9.55 Å². The number of hydrogen-bond acceptors (Lipinski definition) is 4. The molecule has 1 atom stereocenters. The molecule has 3 rings (SSSR count). The molecule has 0 fully saturated rings. The van der Waals surface area contributed by atoms with Crippen LogP contribution < -0.4 is 0 Å². The summed E-state index contributed by atoms with van der Waals surface area (Å²) in [6.45, 7) is 4.06. The molecule has 7 nitrogen and oxygen atoms in total. The van der Waals surface area contributed by atoms with E-state index in [0.717, 1.165) is 24.0 Å². The minimum Gasteiger partial charge on any atom is -0.478 e. The van der Waals surface area contributed by atoms with E-state index in [2.05, 4.69) is 4.98 Å². The maximum atomic E-state index is 12.4. The minimum atomic E-state index is -1.48. The minimum absolute atomic E-state index is 0.0309. The Bertz CT molecular complexity index is 1150. The van der Waals surface area contributed by atoms with Crippen molar-refractivity contribution in [3.63, 3.8) is 0 Å². The Morgan fingerprint density at radius 1 is 1.00 bits per heavy atom. The molecular formula is C24H26N2O5S. The lowest BCUT2D eigenvalue weighted by atomic mass is 9.99. The summed E-state index contributed by atoms with van der Waals surface area (Å²) in [4.78, 5) is 28.0. The fourth-order valence-corrected chi connectivity index (χ4v) is 4.46. The molecule has 2 aromatic carbocycles. The topological polar surface area (TPSA) is 109 Å². The lowest BCUT2D eigenvalue weighted by Gasteiger charge is -2.12. The van der Waals surface area contributed by atoms with Gasteiger partial charge in [-0.15, -0.1) is 0 Å². The molecule has 0 radical (unpaired) electrons. The van der Waals surface area contributed by atoms with Gasteiger partial charge in [-0.05, 0) is 29.2 Å². The van der Waals surface area contributed by atoms with E-state index >= 15 is 0 Å². The Labute approximate surface area is 189 Å². The summed E-state index contributed by atoms with van der Waals surface area (Å²) in [6.07, 6.45) is 2.38. The number of aryl methyl sites for hydroxylation is 1. The number of imidazole rings is 1. The highest BCUT2D eigenvalue weighted by Gasteiger charge is 2.25. The first-order valence-electron chi connectivity index (χ1n) is 10.5. The van der Waals surface area contributed by atoms with E-state index in [9.17, 15) is 24.0 Å². The van der Waals surface area contributed by atoms with Gasteiger partial charge >= 0.3 is 11.9 Å². The molecule has 168 valence electrons. The van der Waals surface area contributed by atoms with Gasteiger partial charge in [-0.2, -0.15) is 0 Å². The number of carbonyl (C=O) groups is 2. The van der Waals surface area contributed by atoms with E-state index in [1.165, 1.54) is 0 Å². The van der Waals surface area contributed by atoms with E-state index in [0.29, 0.717) is 23.6 Å². The Balaban J connectivity index is 1.99. The summed E-state index contributed by atoms with van der Waals surface area (Å²) in [5, 5.41) is 19.4. The smallest absolute Gasteiger partial charge is 0.355 e. The summed E-state index contributed by atoms with van der Waals surface area (Å²) in [5.74, 6) is -1.24. The third-order valence-electron chi connectivity index (χ3n) is 5.21. The van der Waals surface area contributed by atoms with Crippen molar-refractivity contribution in [2.75, 3.05) is 5.75 Å². The fraction of sp³-hybridized carbons (Fsp3) is 0.292. The maximum Gasteiger partial charge on any atom is 0.355 e. The monoisotopic (exact) mass is 454 g/mol. The third-order valence-corrected chi connectivity index (χ3v) is 6.45. The molecule has 8 heteroatoms. The van der Waals surface area contributed by atoms with Crippen molar-refractivity contribution in [1.29, 1.82) is 0 Å². The van der Waals surface area contributed by atoms with E-state index in [1.807, 2.05) is 31.2 Å². The van der Waals surface area contributed by atoms with Gasteiger partial charge in [0.1, 0.15) is 5.82 Å². The first-order valence-corrected chi connectivity index (χ1v) is 11.8. The van der Waals surface area contributed by atoms with Crippen molar-refractivity contribution in [3.05, 3.63) is 71.2 Å². The predicted molar refractivity (Wildman–Crippen MR) is 123 cm³/mol. The van der Waals surface area contributed by atoms with Gasteiger partial charge < -0.3 is 14.8 Å². The Hall–Kier alpha value is -3.26. The van der Waals surface area contributed by atoms with Gasteiger partial charge in [0.25, 0.3) is 0 Å². The Morgan fingerprint density at radius 3 is 2.28 bits per heavy atom. The van der Waals surface area contributed by atoms with Gasteiger partial charge in [-0.25, -0.2) is 14.6 Å². The van der Waals surface area contributed by atoms with Crippen molar-refractivity contribution >= 4 is 22.7 Å². The van der Waals surface area contributed by atoms with Gasteiger partial charge in [-0.1, -0.05) is 62.7 Å². The predicted octanol–water partition coefficient (Wildman–Crippen LogP) is 4.46. The molecule has 0 aliphatic rings. The van der Waals surface area contributed by atoms with Crippen molar-refractivity contribution in [2.45, 2.75) is 44.7 Å². The molecule has 32 heavy (non-hydrogen) atoms. The number of benzene rings is 2. The van der Waals surface area contributed by atoms with Crippen molar-refractivity contribution in [2.24, 2.45) is 0 Å². The summed E-state index contributed by atoms with van der Waals surface area (Å²) in [6, 6.07) is 14.1. The molecule has 2 N–H and O–H groups in total. The number of carboxylic acids is 2. The van der Waals surface area contributed by atoms with Gasteiger partial charge in [0.05, 0.1) is 16.4 Å². The van der Waals surface area contributed by atoms with Gasteiger partial charge in [0, 0.05) is 18.7 Å². The van der Waals surface area contributed by atoms with Crippen LogP contribution in [0.4, 0.5) is 0 Å². The van der Waals surface area contributed by atoms with Crippen LogP contribution in [0.2, 0.25) is 0 Å². The highest BCUT2D eigenvalue weighted by molar-refractivity contribution is 7.85. The summed E-state index contributed by atoms with van der Waals surface area (Å²) >= 11 is 0. The molecule has 1 aromatic heterocycles. The first-order chi connectivity index (χ1) is 15.4. The highest BCUT2D eigenvalue weighted by atomic mass is 32.2. The maximum absolute atomic E-state index is 12.4. The normalized spacial score (nSPS) is 11.9. The number of hydrogen-bond donors (Lipinski definition) is 2. The molecule has 0 spiro atoms. The summed E-state index contributed by atoms with van der Waals surface area (Å²) in [7, 11) is -1.48. The molecule has 0 aliphatic heterocycles. The van der Waals surface area contributed by atoms with Gasteiger partial charge in [-0.3, -0.25) is 4.21 Å². The zero-order valence-electron chi connectivity index (χ0n) is 18.1. The number of unbranched alkanes of at least 4 members (excludes halogenated alkanes) is 1. The second kappa shape index (κ2) is 10.4. The van der Waals surface area contributed by atoms with Crippen molar-refractivity contribution < 1.29 is 24.0 Å². The van der Waals surface area contributed by atoms with Crippen LogP contribution in [0.1, 0.15) is 58.9 Å². The number of carboxylic acid groups (broad SMARTS) is 2. The molecule has 0 amide bonds. The fourth-order valence-electron chi connectivity index (χ4n) is 3.57. The van der Waals surface area contributed by atoms with Crippen LogP contribution in [0.3, 0.4) is 0 Å². The average Bonchev–Trinajstić information content (AvgIpc) is 3.15. The largest absolute Gasteiger partial charge is 0.478 e. The second-order valence-corrected chi connectivity index (χ2v) is 9.01. The molecule has 0 saturated heterocycles. The quantitative estimate of drug-likeness (QED) is 0.468. The van der Waals surface area contributed by atoms with Crippen LogP contribution in [0.25, 0.3) is 11.1 Å². The summed E-state index contributed by atoms with van der Waals surface area (Å²) in [5.41, 5.74) is 2.40. The van der Waals surface area contributed by atoms with Crippen LogP contribution in [0.15, 0.2) is 53.6 Å². The van der Waals surface area contributed by atoms with Gasteiger partial charge in [0.15, 0.2) is 10.7 Å². The molecule has 1 unspecified atom stereocenters. The molecule has 0 aliphatic carbocycles. The zero-order chi connectivity index (χ0) is 23.3. The van der Waals surface area contributed by atoms with E-state index < -0.39 is 22.7 Å². The second-order valence-electron chi connectivity index (χ2n) is 7.36. The molecule has 0 saturated carbocycles. The third kappa shape index (κ3) is 4.96. The van der Waals surface area contributed by atoms with Crippen LogP contribution in [0.5, 0.6) is 0 Å². The Morgan fingerprint density at radius 2 is 1.69 bits per heavy atom. The highest BCUT2D eigenvalue weighted by Crippen LogP contribution is 2.25. The lowest BCUT2D eigenvalue weighted by Crippen LogP contribution is -2.14. The molecular weight excluding hydrogens is 428 g/mol. The number of rotatable bonds is 10. The van der Waals surface area contributed by atoms with Crippen LogP contribution in [-0.4, -0.2) is 41.7 Å². The van der Waals surface area contributed by atoms with E-state index in [1.54, 1.807) is 35.8 Å². The van der Waals surface area contributed by atoms with Crippen LogP contribution in [0, 0.1) is 0 Å². The number of aromatic carboxylic acids is 2. The molecule has 1 heterocycles. The van der Waals surface area contributed by atoms with E-state index in [4.69, 9.17) is 0 Å². The lowest BCUT2D eigenvalue weighted by molar-refractivity contribution is 0.0675. The van der Waals surface area contributed by atoms with Crippen LogP contribution >= 0.6 is 0 Å². The zero-order valence-corrected chi connectivity index (χ0v) is 18.9. The Kier molecular flexibility index (Phi) is 7.58. The first kappa shape index (κ1) is 23.4. The molecule has 3 aromatic rings. The van der Waals surface area contributed by atoms with E-state index in [-0.39, 0.29) is 22.8 Å². The number of nitrogens with zero attached hydrogens (tertiary/aromatic N) is 2. The van der Waals surface area contributed by atoms with Gasteiger partial charge in [0.2, 0.25) is 0 Å². The SMILES string of the molecule is CCCCc1nc(S(=O)CC)c(C(=O)O)n1Cc1ccc(-c2ccccc2C(=O)O)cc1. The molecule has 0 bridgehead atoms. The summed E-state index contributed by atoms with van der Waals surface area (Å²) < 4.78 is 14.1.